The predicted octanol–water partition coefficient (Wildman–Crippen LogP) is 5.19. The minimum Gasteiger partial charge on any atom is -0.405 e. The Morgan fingerprint density at radius 2 is 1.55 bits per heavy atom. The van der Waals surface area contributed by atoms with Crippen molar-refractivity contribution in [2.75, 3.05) is 0 Å². The third-order valence-corrected chi connectivity index (χ3v) is 2.46. The second kappa shape index (κ2) is 5.54. The van der Waals surface area contributed by atoms with Crippen molar-refractivity contribution in [2.24, 2.45) is 5.11 Å². The van der Waals surface area contributed by atoms with Crippen molar-refractivity contribution >= 4 is 5.69 Å². The Labute approximate surface area is 112 Å². The van der Waals surface area contributed by atoms with Gasteiger partial charge in [-0.25, -0.2) is 0 Å². The molecule has 2 aromatic carbocycles. The van der Waals surface area contributed by atoms with Crippen molar-refractivity contribution in [3.63, 3.8) is 0 Å². The molecule has 20 heavy (non-hydrogen) atoms. The summed E-state index contributed by atoms with van der Waals surface area (Å²) >= 11 is 0. The normalized spacial score (nSPS) is 10.8. The Morgan fingerprint density at radius 1 is 0.950 bits per heavy atom. The van der Waals surface area contributed by atoms with Crippen molar-refractivity contribution in [1.82, 2.24) is 0 Å². The van der Waals surface area contributed by atoms with Crippen molar-refractivity contribution < 1.29 is 17.9 Å². The summed E-state index contributed by atoms with van der Waals surface area (Å²) in [6, 6.07) is 12.0. The fourth-order valence-corrected chi connectivity index (χ4v) is 1.74. The Bertz CT molecular complexity index is 664. The molecule has 0 saturated heterocycles. The first-order valence-corrected chi connectivity index (χ1v) is 5.50. The highest BCUT2D eigenvalue weighted by Crippen LogP contribution is 2.38. The largest absolute Gasteiger partial charge is 0.573 e. The number of hydrogen-bond acceptors (Lipinski definition) is 2. The lowest BCUT2D eigenvalue weighted by Gasteiger charge is -2.14. The fraction of sp³-hybridized carbons (Fsp3) is 0.0769. The molecule has 2 rings (SSSR count). The van der Waals surface area contributed by atoms with E-state index in [0.29, 0.717) is 5.56 Å². The highest BCUT2D eigenvalue weighted by atomic mass is 19.4. The molecular weight excluding hydrogens is 271 g/mol. The van der Waals surface area contributed by atoms with Crippen LogP contribution in [0.1, 0.15) is 0 Å². The quantitative estimate of drug-likeness (QED) is 0.433. The second-order valence-corrected chi connectivity index (χ2v) is 3.75. The molecule has 0 amide bonds. The average Bonchev–Trinajstić information content (AvgIpc) is 2.39. The van der Waals surface area contributed by atoms with Gasteiger partial charge in [-0.05, 0) is 17.2 Å². The van der Waals surface area contributed by atoms with Crippen LogP contribution >= 0.6 is 0 Å². The highest BCUT2D eigenvalue weighted by molar-refractivity contribution is 5.79. The van der Waals surface area contributed by atoms with Gasteiger partial charge >= 0.3 is 6.36 Å². The van der Waals surface area contributed by atoms with Gasteiger partial charge in [0.25, 0.3) is 0 Å². The zero-order chi connectivity index (χ0) is 14.6. The summed E-state index contributed by atoms with van der Waals surface area (Å²) in [4.78, 5) is 2.66. The van der Waals surface area contributed by atoms with Crippen LogP contribution < -0.4 is 4.74 Å². The molecule has 4 nitrogen and oxygen atoms in total. The van der Waals surface area contributed by atoms with E-state index in [2.05, 4.69) is 14.8 Å². The zero-order valence-corrected chi connectivity index (χ0v) is 10.0. The van der Waals surface area contributed by atoms with Crippen LogP contribution in [0.2, 0.25) is 0 Å². The van der Waals surface area contributed by atoms with Gasteiger partial charge in [-0.2, -0.15) is 0 Å². The molecule has 0 aliphatic rings. The van der Waals surface area contributed by atoms with E-state index in [-0.39, 0.29) is 17.0 Å². The molecule has 0 heterocycles. The van der Waals surface area contributed by atoms with Crippen LogP contribution in [0.4, 0.5) is 18.9 Å². The van der Waals surface area contributed by atoms with E-state index in [4.69, 9.17) is 5.53 Å². The van der Waals surface area contributed by atoms with Gasteiger partial charge in [0.2, 0.25) is 0 Å². The van der Waals surface area contributed by atoms with Crippen molar-refractivity contribution in [2.45, 2.75) is 6.36 Å². The van der Waals surface area contributed by atoms with Crippen LogP contribution in [-0.4, -0.2) is 6.36 Å². The van der Waals surface area contributed by atoms with Gasteiger partial charge in [0.05, 0.1) is 0 Å². The van der Waals surface area contributed by atoms with E-state index < -0.39 is 6.36 Å². The Morgan fingerprint density at radius 3 is 2.20 bits per heavy atom. The first-order chi connectivity index (χ1) is 9.51. The van der Waals surface area contributed by atoms with Crippen LogP contribution in [0.5, 0.6) is 5.75 Å². The number of benzene rings is 2. The summed E-state index contributed by atoms with van der Waals surface area (Å²) in [7, 11) is 0. The molecule has 0 fully saturated rings. The highest BCUT2D eigenvalue weighted by Gasteiger charge is 2.32. The van der Waals surface area contributed by atoms with E-state index >= 15 is 0 Å². The van der Waals surface area contributed by atoms with Crippen LogP contribution in [0.25, 0.3) is 21.6 Å². The van der Waals surface area contributed by atoms with Gasteiger partial charge in [0.1, 0.15) is 5.75 Å². The molecule has 0 bridgehead atoms. The minimum absolute atomic E-state index is 0.202. The number of nitrogens with zero attached hydrogens (tertiary/aromatic N) is 3. The number of halogens is 3. The van der Waals surface area contributed by atoms with E-state index in [9.17, 15) is 13.2 Å². The van der Waals surface area contributed by atoms with Crippen LogP contribution in [0, 0.1) is 0 Å². The lowest BCUT2D eigenvalue weighted by molar-refractivity contribution is -0.274. The van der Waals surface area contributed by atoms with E-state index in [1.165, 1.54) is 24.3 Å². The molecular formula is C13H8F3N3O. The van der Waals surface area contributed by atoms with E-state index in [0.717, 1.165) is 0 Å². The molecule has 0 radical (unpaired) electrons. The molecule has 7 heteroatoms. The smallest absolute Gasteiger partial charge is 0.405 e. The first kappa shape index (κ1) is 13.8. The molecule has 0 saturated carbocycles. The van der Waals surface area contributed by atoms with Crippen molar-refractivity contribution in [1.29, 1.82) is 0 Å². The minimum atomic E-state index is -4.79. The number of alkyl halides is 3. The van der Waals surface area contributed by atoms with E-state index in [1.807, 2.05) is 0 Å². The summed E-state index contributed by atoms with van der Waals surface area (Å²) in [5, 5.41) is 3.46. The third-order valence-electron chi connectivity index (χ3n) is 2.46. The van der Waals surface area contributed by atoms with Crippen LogP contribution in [0.3, 0.4) is 0 Å². The summed E-state index contributed by atoms with van der Waals surface area (Å²) in [5.41, 5.74) is 9.29. The topological polar surface area (TPSA) is 58.0 Å². The molecule has 2 aromatic rings. The lowest BCUT2D eigenvalue weighted by atomic mass is 10.0. The fourth-order valence-electron chi connectivity index (χ4n) is 1.74. The number of hydrogen-bond donors (Lipinski definition) is 0. The van der Waals surface area contributed by atoms with Crippen LogP contribution in [0.15, 0.2) is 53.6 Å². The van der Waals surface area contributed by atoms with Gasteiger partial charge in [-0.3, -0.25) is 0 Å². The molecule has 0 aliphatic carbocycles. The zero-order valence-electron chi connectivity index (χ0n) is 10.0. The number of para-hydroxylation sites is 1. The van der Waals surface area contributed by atoms with Gasteiger partial charge in [0.15, 0.2) is 0 Å². The second-order valence-electron chi connectivity index (χ2n) is 3.75. The van der Waals surface area contributed by atoms with Crippen molar-refractivity contribution in [3.8, 4) is 16.9 Å². The number of rotatable bonds is 3. The summed E-state index contributed by atoms with van der Waals surface area (Å²) < 4.78 is 41.1. The van der Waals surface area contributed by atoms with Crippen LogP contribution in [-0.2, 0) is 0 Å². The van der Waals surface area contributed by atoms with Gasteiger partial charge in [0, 0.05) is 16.2 Å². The molecule has 0 atom stereocenters. The summed E-state index contributed by atoms with van der Waals surface area (Å²) in [6.07, 6.45) is -4.79. The van der Waals surface area contributed by atoms with Crippen molar-refractivity contribution in [3.05, 3.63) is 59.0 Å². The SMILES string of the molecule is [N-]=[N+]=Nc1ccccc1-c1ccccc1OC(F)(F)F. The molecule has 0 aliphatic heterocycles. The lowest BCUT2D eigenvalue weighted by Crippen LogP contribution is -2.17. The standard InChI is InChI=1S/C13H8F3N3O/c14-13(15,16)20-12-8-4-2-6-10(12)9-5-1-3-7-11(9)18-19-17/h1-8H. The third kappa shape index (κ3) is 3.21. The van der Waals surface area contributed by atoms with Gasteiger partial charge in [-0.1, -0.05) is 47.6 Å². The molecule has 0 unspecified atom stereocenters. The summed E-state index contributed by atoms with van der Waals surface area (Å²) in [5.74, 6) is -0.347. The number of ether oxygens (including phenoxy) is 1. The molecule has 0 aromatic heterocycles. The Hall–Kier alpha value is -2.66. The number of azide groups is 1. The molecule has 0 spiro atoms. The van der Waals surface area contributed by atoms with E-state index in [1.54, 1.807) is 24.3 Å². The van der Waals surface area contributed by atoms with Gasteiger partial charge in [-0.15, -0.1) is 13.2 Å². The van der Waals surface area contributed by atoms with Gasteiger partial charge < -0.3 is 4.74 Å². The maximum Gasteiger partial charge on any atom is 0.573 e. The maximum absolute atomic E-state index is 12.4. The average molecular weight is 279 g/mol. The Balaban J connectivity index is 2.56. The first-order valence-electron chi connectivity index (χ1n) is 5.50. The molecule has 102 valence electrons. The Kier molecular flexibility index (Phi) is 3.81. The summed E-state index contributed by atoms with van der Waals surface area (Å²) in [6.45, 7) is 0. The monoisotopic (exact) mass is 279 g/mol. The molecule has 0 N–H and O–H groups in total. The maximum atomic E-state index is 12.4. The predicted molar refractivity (Wildman–Crippen MR) is 67.4 cm³/mol.